The minimum Gasteiger partial charge on any atom is -0.372 e. The zero-order chi connectivity index (χ0) is 11.4. The molecular formula is C14H22N2. The van der Waals surface area contributed by atoms with Gasteiger partial charge in [0.2, 0.25) is 0 Å². The molecule has 1 fully saturated rings. The van der Waals surface area contributed by atoms with E-state index in [0.717, 1.165) is 12.8 Å². The lowest BCUT2D eigenvalue weighted by molar-refractivity contribution is 0.646. The number of nitrogens with zero attached hydrogens (tertiary/aromatic N) is 1. The van der Waals surface area contributed by atoms with Crippen LogP contribution < -0.4 is 10.6 Å². The summed E-state index contributed by atoms with van der Waals surface area (Å²) < 4.78 is 0. The third-order valence-electron chi connectivity index (χ3n) is 3.43. The molecule has 0 radical (unpaired) electrons. The Bertz CT molecular complexity index is 312. The standard InChI is InChI=1S/C14H22N2/c1-2-13(15)11-12-5-7-14(8-6-12)16-9-3-4-10-16/h5-8,13H,2-4,9-11,15H2,1H3. The molecule has 1 aromatic rings. The predicted molar refractivity (Wildman–Crippen MR) is 69.9 cm³/mol. The van der Waals surface area contributed by atoms with Crippen LogP contribution in [0.5, 0.6) is 0 Å². The van der Waals surface area contributed by atoms with Gasteiger partial charge in [-0.2, -0.15) is 0 Å². The molecule has 0 aliphatic carbocycles. The van der Waals surface area contributed by atoms with Crippen LogP contribution in [-0.2, 0) is 6.42 Å². The molecule has 2 N–H and O–H groups in total. The highest BCUT2D eigenvalue weighted by Crippen LogP contribution is 2.20. The van der Waals surface area contributed by atoms with Crippen molar-refractivity contribution in [2.75, 3.05) is 18.0 Å². The van der Waals surface area contributed by atoms with Gasteiger partial charge in [-0.05, 0) is 43.4 Å². The van der Waals surface area contributed by atoms with Crippen molar-refractivity contribution in [1.82, 2.24) is 0 Å². The van der Waals surface area contributed by atoms with Crippen LogP contribution in [0.4, 0.5) is 5.69 Å². The molecule has 1 unspecified atom stereocenters. The Balaban J connectivity index is 1.98. The molecule has 2 heteroatoms. The molecular weight excluding hydrogens is 196 g/mol. The van der Waals surface area contributed by atoms with Crippen LogP contribution in [0, 0.1) is 0 Å². The smallest absolute Gasteiger partial charge is 0.0366 e. The van der Waals surface area contributed by atoms with Gasteiger partial charge in [-0.15, -0.1) is 0 Å². The van der Waals surface area contributed by atoms with Crippen LogP contribution in [0.15, 0.2) is 24.3 Å². The molecule has 1 aliphatic rings. The monoisotopic (exact) mass is 218 g/mol. The lowest BCUT2D eigenvalue weighted by atomic mass is 10.0. The van der Waals surface area contributed by atoms with E-state index < -0.39 is 0 Å². The van der Waals surface area contributed by atoms with E-state index in [4.69, 9.17) is 5.73 Å². The Morgan fingerprint density at radius 1 is 1.19 bits per heavy atom. The second-order valence-electron chi connectivity index (χ2n) is 4.73. The molecule has 1 aliphatic heterocycles. The second kappa shape index (κ2) is 5.35. The van der Waals surface area contributed by atoms with Crippen LogP contribution in [0.2, 0.25) is 0 Å². The molecule has 16 heavy (non-hydrogen) atoms. The van der Waals surface area contributed by atoms with Crippen molar-refractivity contribution < 1.29 is 0 Å². The minimum absolute atomic E-state index is 0.303. The largest absolute Gasteiger partial charge is 0.372 e. The van der Waals surface area contributed by atoms with Crippen molar-refractivity contribution in [2.45, 2.75) is 38.6 Å². The summed E-state index contributed by atoms with van der Waals surface area (Å²) in [6, 6.07) is 9.23. The van der Waals surface area contributed by atoms with Gasteiger partial charge >= 0.3 is 0 Å². The van der Waals surface area contributed by atoms with Crippen LogP contribution in [-0.4, -0.2) is 19.1 Å². The fourth-order valence-corrected chi connectivity index (χ4v) is 2.27. The maximum absolute atomic E-state index is 5.95. The van der Waals surface area contributed by atoms with Gasteiger partial charge in [0.05, 0.1) is 0 Å². The van der Waals surface area contributed by atoms with E-state index >= 15 is 0 Å². The van der Waals surface area contributed by atoms with Crippen molar-refractivity contribution in [3.05, 3.63) is 29.8 Å². The van der Waals surface area contributed by atoms with Gasteiger partial charge in [0.1, 0.15) is 0 Å². The van der Waals surface area contributed by atoms with E-state index in [0.29, 0.717) is 6.04 Å². The van der Waals surface area contributed by atoms with Gasteiger partial charge in [-0.1, -0.05) is 19.1 Å². The van der Waals surface area contributed by atoms with Crippen LogP contribution in [0.1, 0.15) is 31.7 Å². The van der Waals surface area contributed by atoms with Crippen LogP contribution in [0.25, 0.3) is 0 Å². The molecule has 0 saturated carbocycles. The first-order chi connectivity index (χ1) is 7.79. The Kier molecular flexibility index (Phi) is 3.83. The van der Waals surface area contributed by atoms with E-state index in [1.807, 2.05) is 0 Å². The zero-order valence-corrected chi connectivity index (χ0v) is 10.2. The first-order valence-electron chi connectivity index (χ1n) is 6.39. The first kappa shape index (κ1) is 11.5. The summed E-state index contributed by atoms with van der Waals surface area (Å²) >= 11 is 0. The van der Waals surface area contributed by atoms with Gasteiger partial charge < -0.3 is 10.6 Å². The van der Waals surface area contributed by atoms with E-state index in [9.17, 15) is 0 Å². The van der Waals surface area contributed by atoms with Crippen LogP contribution in [0.3, 0.4) is 0 Å². The maximum atomic E-state index is 5.95. The van der Waals surface area contributed by atoms with Gasteiger partial charge in [0.15, 0.2) is 0 Å². The van der Waals surface area contributed by atoms with Gasteiger partial charge in [-0.3, -0.25) is 0 Å². The number of hydrogen-bond acceptors (Lipinski definition) is 2. The Hall–Kier alpha value is -1.02. The number of nitrogens with two attached hydrogens (primary N) is 1. The average molecular weight is 218 g/mol. The summed E-state index contributed by atoms with van der Waals surface area (Å²) in [6.45, 7) is 4.57. The quantitative estimate of drug-likeness (QED) is 0.841. The van der Waals surface area contributed by atoms with Crippen molar-refractivity contribution in [2.24, 2.45) is 5.73 Å². The number of benzene rings is 1. The highest BCUT2D eigenvalue weighted by molar-refractivity contribution is 5.48. The number of rotatable bonds is 4. The summed E-state index contributed by atoms with van der Waals surface area (Å²) in [4.78, 5) is 2.46. The predicted octanol–water partition coefficient (Wildman–Crippen LogP) is 2.57. The highest BCUT2D eigenvalue weighted by atomic mass is 15.1. The summed E-state index contributed by atoms with van der Waals surface area (Å²) in [7, 11) is 0. The fourth-order valence-electron chi connectivity index (χ4n) is 2.27. The van der Waals surface area contributed by atoms with Crippen molar-refractivity contribution >= 4 is 5.69 Å². The van der Waals surface area contributed by atoms with Crippen molar-refractivity contribution in [3.63, 3.8) is 0 Å². The molecule has 0 aromatic heterocycles. The van der Waals surface area contributed by atoms with E-state index in [-0.39, 0.29) is 0 Å². The van der Waals surface area contributed by atoms with Gasteiger partial charge in [-0.25, -0.2) is 0 Å². The molecule has 2 nitrogen and oxygen atoms in total. The molecule has 1 atom stereocenters. The summed E-state index contributed by atoms with van der Waals surface area (Å²) in [6.07, 6.45) is 4.72. The topological polar surface area (TPSA) is 29.3 Å². The lowest BCUT2D eigenvalue weighted by Gasteiger charge is -2.18. The third-order valence-corrected chi connectivity index (χ3v) is 3.43. The highest BCUT2D eigenvalue weighted by Gasteiger charge is 2.11. The molecule has 0 bridgehead atoms. The minimum atomic E-state index is 0.303. The normalized spacial score (nSPS) is 17.8. The summed E-state index contributed by atoms with van der Waals surface area (Å²) in [5, 5.41) is 0. The van der Waals surface area contributed by atoms with Crippen molar-refractivity contribution in [3.8, 4) is 0 Å². The molecule has 0 spiro atoms. The van der Waals surface area contributed by atoms with Gasteiger partial charge in [0, 0.05) is 24.8 Å². The molecule has 1 heterocycles. The number of hydrogen-bond donors (Lipinski definition) is 1. The summed E-state index contributed by atoms with van der Waals surface area (Å²) in [5.74, 6) is 0. The molecule has 1 saturated heterocycles. The third kappa shape index (κ3) is 2.76. The Morgan fingerprint density at radius 2 is 1.81 bits per heavy atom. The number of anilines is 1. The Labute approximate surface area is 98.4 Å². The summed E-state index contributed by atoms with van der Waals surface area (Å²) in [5.41, 5.74) is 8.68. The second-order valence-corrected chi connectivity index (χ2v) is 4.73. The van der Waals surface area contributed by atoms with E-state index in [1.54, 1.807) is 0 Å². The first-order valence-corrected chi connectivity index (χ1v) is 6.39. The molecule has 2 rings (SSSR count). The average Bonchev–Trinajstić information content (AvgIpc) is 2.83. The molecule has 1 aromatic carbocycles. The van der Waals surface area contributed by atoms with E-state index in [1.165, 1.54) is 37.2 Å². The fraction of sp³-hybridized carbons (Fsp3) is 0.571. The lowest BCUT2D eigenvalue weighted by Crippen LogP contribution is -2.21. The molecule has 88 valence electrons. The molecule has 0 amide bonds. The SMILES string of the molecule is CCC(N)Cc1ccc(N2CCCC2)cc1. The van der Waals surface area contributed by atoms with Gasteiger partial charge in [0.25, 0.3) is 0 Å². The zero-order valence-electron chi connectivity index (χ0n) is 10.2. The Morgan fingerprint density at radius 3 is 2.38 bits per heavy atom. The van der Waals surface area contributed by atoms with Crippen molar-refractivity contribution in [1.29, 1.82) is 0 Å². The van der Waals surface area contributed by atoms with E-state index in [2.05, 4.69) is 36.1 Å². The maximum Gasteiger partial charge on any atom is 0.0366 e. The van der Waals surface area contributed by atoms with Crippen LogP contribution >= 0.6 is 0 Å².